The van der Waals surface area contributed by atoms with Crippen LogP contribution in [0.25, 0.3) is 0 Å². The maximum atomic E-state index is 13.5. The quantitative estimate of drug-likeness (QED) is 0.573. The van der Waals surface area contributed by atoms with Crippen molar-refractivity contribution < 1.29 is 18.0 Å². The zero-order valence-electron chi connectivity index (χ0n) is 20.3. The van der Waals surface area contributed by atoms with Crippen LogP contribution in [0.2, 0.25) is 0 Å². The van der Waals surface area contributed by atoms with Crippen LogP contribution < -0.4 is 9.62 Å². The Balaban J connectivity index is 2.42. The molecule has 0 aliphatic heterocycles. The first-order valence-electron chi connectivity index (χ1n) is 11.1. The Bertz CT molecular complexity index is 1050. The molecule has 8 heteroatoms. The van der Waals surface area contributed by atoms with Gasteiger partial charge in [0.25, 0.3) is 0 Å². The van der Waals surface area contributed by atoms with E-state index in [4.69, 9.17) is 0 Å². The average molecular weight is 474 g/mol. The van der Waals surface area contributed by atoms with E-state index in [-0.39, 0.29) is 18.5 Å². The van der Waals surface area contributed by atoms with Gasteiger partial charge in [-0.15, -0.1) is 0 Å². The fraction of sp³-hybridized carbons (Fsp3) is 0.440. The van der Waals surface area contributed by atoms with Gasteiger partial charge < -0.3 is 10.2 Å². The van der Waals surface area contributed by atoms with E-state index in [0.717, 1.165) is 33.7 Å². The van der Waals surface area contributed by atoms with Crippen molar-refractivity contribution in [1.82, 2.24) is 10.2 Å². The van der Waals surface area contributed by atoms with Gasteiger partial charge in [-0.25, -0.2) is 8.42 Å². The van der Waals surface area contributed by atoms with E-state index in [1.807, 2.05) is 76.2 Å². The molecule has 7 nitrogen and oxygen atoms in total. The number of amides is 2. The van der Waals surface area contributed by atoms with Crippen molar-refractivity contribution in [3.8, 4) is 0 Å². The molecule has 0 saturated carbocycles. The molecule has 0 saturated heterocycles. The second kappa shape index (κ2) is 11.3. The summed E-state index contributed by atoms with van der Waals surface area (Å²) in [7, 11) is -3.75. The van der Waals surface area contributed by atoms with Gasteiger partial charge in [-0.1, -0.05) is 55.5 Å². The molecule has 2 amide bonds. The minimum Gasteiger partial charge on any atom is -0.352 e. The fourth-order valence-corrected chi connectivity index (χ4v) is 4.57. The number of rotatable bonds is 10. The molecule has 1 N–H and O–H groups in total. The van der Waals surface area contributed by atoms with Crippen LogP contribution >= 0.6 is 0 Å². The number of anilines is 1. The molecule has 2 aromatic carbocycles. The predicted octanol–water partition coefficient (Wildman–Crippen LogP) is 3.40. The van der Waals surface area contributed by atoms with E-state index in [1.165, 1.54) is 4.90 Å². The molecule has 0 spiro atoms. The zero-order valence-corrected chi connectivity index (χ0v) is 21.1. The third-order valence-electron chi connectivity index (χ3n) is 5.73. The summed E-state index contributed by atoms with van der Waals surface area (Å²) in [6, 6.07) is 14.0. The lowest BCUT2D eigenvalue weighted by Gasteiger charge is -2.32. The van der Waals surface area contributed by atoms with Gasteiger partial charge in [0.2, 0.25) is 21.8 Å². The molecule has 2 aromatic rings. The molecule has 2 atom stereocenters. The molecule has 0 aliphatic carbocycles. The van der Waals surface area contributed by atoms with E-state index in [0.29, 0.717) is 5.69 Å². The Hall–Kier alpha value is -2.87. The van der Waals surface area contributed by atoms with Gasteiger partial charge in [-0.2, -0.15) is 0 Å². The topological polar surface area (TPSA) is 86.8 Å². The predicted molar refractivity (Wildman–Crippen MR) is 132 cm³/mol. The van der Waals surface area contributed by atoms with Crippen LogP contribution in [0.1, 0.15) is 43.9 Å². The summed E-state index contributed by atoms with van der Waals surface area (Å²) in [6.45, 7) is 8.97. The zero-order chi connectivity index (χ0) is 24.8. The number of carbonyl (C=O) groups excluding carboxylic acids is 2. The number of benzene rings is 2. The Kier molecular flexibility index (Phi) is 9.05. The van der Waals surface area contributed by atoms with Crippen molar-refractivity contribution in [1.29, 1.82) is 0 Å². The summed E-state index contributed by atoms with van der Waals surface area (Å²) in [6.07, 6.45) is 1.85. The minimum atomic E-state index is -3.75. The number of carbonyl (C=O) groups is 2. The van der Waals surface area contributed by atoms with Crippen molar-refractivity contribution >= 4 is 27.5 Å². The molecule has 0 fully saturated rings. The third kappa shape index (κ3) is 7.05. The second-order valence-corrected chi connectivity index (χ2v) is 10.4. The van der Waals surface area contributed by atoms with Crippen LogP contribution in [-0.2, 0) is 26.2 Å². The molecular weight excluding hydrogens is 438 g/mol. The Labute approximate surface area is 197 Å². The van der Waals surface area contributed by atoms with Crippen LogP contribution in [0.5, 0.6) is 0 Å². The van der Waals surface area contributed by atoms with Crippen molar-refractivity contribution in [3.63, 3.8) is 0 Å². The number of aryl methyl sites for hydroxylation is 2. The van der Waals surface area contributed by atoms with Crippen molar-refractivity contribution in [2.75, 3.05) is 17.1 Å². The summed E-state index contributed by atoms with van der Waals surface area (Å²) < 4.78 is 26.6. The molecule has 180 valence electrons. The highest BCUT2D eigenvalue weighted by atomic mass is 32.2. The van der Waals surface area contributed by atoms with Gasteiger partial charge in [0.1, 0.15) is 12.6 Å². The first-order chi connectivity index (χ1) is 15.5. The van der Waals surface area contributed by atoms with Crippen molar-refractivity contribution in [3.05, 3.63) is 65.2 Å². The van der Waals surface area contributed by atoms with E-state index >= 15 is 0 Å². The number of hydrogen-bond acceptors (Lipinski definition) is 4. The SMILES string of the molecule is CC[C@H](C)NC(=O)[C@@H](C)N(Cc1ccccc1)C(=O)CN(c1c(C)cccc1C)S(C)(=O)=O. The molecule has 33 heavy (non-hydrogen) atoms. The number of hydrogen-bond donors (Lipinski definition) is 1. The molecule has 0 bridgehead atoms. The van der Waals surface area contributed by atoms with Crippen LogP contribution in [0.4, 0.5) is 5.69 Å². The smallest absolute Gasteiger partial charge is 0.244 e. The summed E-state index contributed by atoms with van der Waals surface area (Å²) in [5.41, 5.74) is 2.85. The summed E-state index contributed by atoms with van der Waals surface area (Å²) >= 11 is 0. The molecule has 0 aliphatic rings. The first-order valence-corrected chi connectivity index (χ1v) is 13.0. The van der Waals surface area contributed by atoms with E-state index < -0.39 is 28.5 Å². The molecule has 0 aromatic heterocycles. The van der Waals surface area contributed by atoms with E-state index in [9.17, 15) is 18.0 Å². The number of para-hydroxylation sites is 1. The fourth-order valence-electron chi connectivity index (χ4n) is 3.60. The summed E-state index contributed by atoms with van der Waals surface area (Å²) in [4.78, 5) is 27.9. The normalized spacial score (nSPS) is 13.2. The molecular formula is C25H35N3O4S. The van der Waals surface area contributed by atoms with Gasteiger partial charge in [-0.3, -0.25) is 13.9 Å². The van der Waals surface area contributed by atoms with Crippen molar-refractivity contribution in [2.24, 2.45) is 0 Å². The highest BCUT2D eigenvalue weighted by Gasteiger charge is 2.31. The maximum absolute atomic E-state index is 13.5. The van der Waals surface area contributed by atoms with Gasteiger partial charge >= 0.3 is 0 Å². The van der Waals surface area contributed by atoms with Gasteiger partial charge in [-0.05, 0) is 50.8 Å². The van der Waals surface area contributed by atoms with E-state index in [2.05, 4.69) is 5.32 Å². The average Bonchev–Trinajstić information content (AvgIpc) is 2.75. The van der Waals surface area contributed by atoms with Gasteiger partial charge in [0.05, 0.1) is 11.9 Å². The lowest BCUT2D eigenvalue weighted by Crippen LogP contribution is -2.52. The minimum absolute atomic E-state index is 0.0317. The van der Waals surface area contributed by atoms with Crippen LogP contribution in [-0.4, -0.2) is 50.0 Å². The molecule has 2 rings (SSSR count). The third-order valence-corrected chi connectivity index (χ3v) is 6.84. The second-order valence-electron chi connectivity index (χ2n) is 8.51. The Morgan fingerprint density at radius 1 is 0.970 bits per heavy atom. The first kappa shape index (κ1) is 26.4. The largest absolute Gasteiger partial charge is 0.352 e. The molecule has 0 heterocycles. The van der Waals surface area contributed by atoms with Crippen LogP contribution in [0, 0.1) is 13.8 Å². The lowest BCUT2D eigenvalue weighted by atomic mass is 10.1. The van der Waals surface area contributed by atoms with Gasteiger partial charge in [0, 0.05) is 12.6 Å². The molecule has 0 radical (unpaired) electrons. The Morgan fingerprint density at radius 2 is 1.55 bits per heavy atom. The number of sulfonamides is 1. The van der Waals surface area contributed by atoms with E-state index in [1.54, 1.807) is 6.92 Å². The molecule has 0 unspecified atom stereocenters. The van der Waals surface area contributed by atoms with Crippen LogP contribution in [0.15, 0.2) is 48.5 Å². The Morgan fingerprint density at radius 3 is 2.06 bits per heavy atom. The maximum Gasteiger partial charge on any atom is 0.244 e. The number of nitrogens with zero attached hydrogens (tertiary/aromatic N) is 2. The summed E-state index contributed by atoms with van der Waals surface area (Å²) in [5.74, 6) is -0.717. The highest BCUT2D eigenvalue weighted by Crippen LogP contribution is 2.27. The standard InChI is InChI=1S/C25H35N3O4S/c1-7-20(4)26-25(30)21(5)27(16-22-14-9-8-10-15-22)23(29)17-28(33(6,31)32)24-18(2)12-11-13-19(24)3/h8-15,20-21H,7,16-17H2,1-6H3,(H,26,30)/t20-,21+/m0/s1. The van der Waals surface area contributed by atoms with Crippen LogP contribution in [0.3, 0.4) is 0 Å². The summed E-state index contributed by atoms with van der Waals surface area (Å²) in [5, 5.41) is 2.92. The monoisotopic (exact) mass is 473 g/mol. The van der Waals surface area contributed by atoms with Gasteiger partial charge in [0.15, 0.2) is 0 Å². The number of nitrogens with one attached hydrogen (secondary N) is 1. The van der Waals surface area contributed by atoms with Crippen molar-refractivity contribution in [2.45, 2.75) is 59.7 Å². The highest BCUT2D eigenvalue weighted by molar-refractivity contribution is 7.92. The lowest BCUT2D eigenvalue weighted by molar-refractivity contribution is -0.139.